The molecule has 154 valence electrons. The van der Waals surface area contributed by atoms with Crippen LogP contribution < -0.4 is 11.1 Å². The molecule has 1 fully saturated rings. The Morgan fingerprint density at radius 1 is 1.23 bits per heavy atom. The zero-order chi connectivity index (χ0) is 21.3. The SMILES string of the molecule is Cc1ccc(C(=O)NC2CC2)cc1-n1ncc(C(=O)N(Cl)Cc2ccccc2)c1N. The number of halogens is 1. The Labute approximate surface area is 179 Å². The fraction of sp³-hybridized carbons (Fsp3) is 0.227. The maximum Gasteiger partial charge on any atom is 0.273 e. The molecule has 0 radical (unpaired) electrons. The van der Waals surface area contributed by atoms with Gasteiger partial charge >= 0.3 is 0 Å². The lowest BCUT2D eigenvalue weighted by atomic mass is 10.1. The second-order valence-corrected chi connectivity index (χ2v) is 7.82. The third-order valence-electron chi connectivity index (χ3n) is 5.03. The van der Waals surface area contributed by atoms with Gasteiger partial charge in [-0.05, 0) is 43.0 Å². The number of nitrogen functional groups attached to an aromatic ring is 1. The van der Waals surface area contributed by atoms with Crippen molar-refractivity contribution >= 4 is 29.4 Å². The van der Waals surface area contributed by atoms with Crippen LogP contribution in [0.1, 0.15) is 44.7 Å². The quantitative estimate of drug-likeness (QED) is 0.594. The van der Waals surface area contributed by atoms with Crippen LogP contribution in [0.15, 0.2) is 54.7 Å². The van der Waals surface area contributed by atoms with Crippen molar-refractivity contribution in [2.45, 2.75) is 32.4 Å². The van der Waals surface area contributed by atoms with E-state index in [0.29, 0.717) is 11.3 Å². The molecule has 30 heavy (non-hydrogen) atoms. The fourth-order valence-corrected chi connectivity index (χ4v) is 3.37. The summed E-state index contributed by atoms with van der Waals surface area (Å²) >= 11 is 6.22. The Hall–Kier alpha value is -3.32. The van der Waals surface area contributed by atoms with Gasteiger partial charge in [0.05, 0.1) is 18.4 Å². The second-order valence-electron chi connectivity index (χ2n) is 7.42. The average Bonchev–Trinajstić information content (AvgIpc) is 3.48. The van der Waals surface area contributed by atoms with Crippen molar-refractivity contribution in [3.63, 3.8) is 0 Å². The predicted molar refractivity (Wildman–Crippen MR) is 115 cm³/mol. The molecule has 7 nitrogen and oxygen atoms in total. The van der Waals surface area contributed by atoms with Crippen LogP contribution in [0.3, 0.4) is 0 Å². The van der Waals surface area contributed by atoms with Crippen LogP contribution in [0.5, 0.6) is 0 Å². The first-order valence-corrected chi connectivity index (χ1v) is 10.0. The molecule has 0 atom stereocenters. The number of amides is 2. The van der Waals surface area contributed by atoms with Crippen molar-refractivity contribution in [1.82, 2.24) is 19.5 Å². The molecule has 1 aliphatic carbocycles. The van der Waals surface area contributed by atoms with Crippen molar-refractivity contribution in [2.24, 2.45) is 0 Å². The van der Waals surface area contributed by atoms with Crippen LogP contribution in [-0.2, 0) is 6.54 Å². The van der Waals surface area contributed by atoms with Gasteiger partial charge in [-0.2, -0.15) is 5.10 Å². The number of carbonyl (C=O) groups is 2. The topological polar surface area (TPSA) is 93.2 Å². The van der Waals surface area contributed by atoms with Crippen molar-refractivity contribution in [1.29, 1.82) is 0 Å². The molecule has 1 aromatic heterocycles. The monoisotopic (exact) mass is 423 g/mol. The third-order valence-corrected chi connectivity index (χ3v) is 5.31. The zero-order valence-corrected chi connectivity index (χ0v) is 17.3. The Kier molecular flexibility index (Phi) is 5.46. The minimum atomic E-state index is -0.440. The molecule has 0 saturated heterocycles. The molecule has 3 N–H and O–H groups in total. The lowest BCUT2D eigenvalue weighted by Crippen LogP contribution is -2.25. The van der Waals surface area contributed by atoms with E-state index in [1.807, 2.05) is 43.3 Å². The van der Waals surface area contributed by atoms with E-state index in [0.717, 1.165) is 28.4 Å². The van der Waals surface area contributed by atoms with E-state index >= 15 is 0 Å². The zero-order valence-electron chi connectivity index (χ0n) is 16.5. The first kappa shape index (κ1) is 20.0. The largest absolute Gasteiger partial charge is 0.383 e. The Bertz CT molecular complexity index is 1090. The van der Waals surface area contributed by atoms with Gasteiger partial charge < -0.3 is 11.1 Å². The number of nitrogens with two attached hydrogens (primary N) is 1. The van der Waals surface area contributed by atoms with E-state index in [1.54, 1.807) is 12.1 Å². The number of nitrogens with one attached hydrogen (secondary N) is 1. The second kappa shape index (κ2) is 8.20. The van der Waals surface area contributed by atoms with Gasteiger partial charge in [0, 0.05) is 23.4 Å². The highest BCUT2D eigenvalue weighted by Gasteiger charge is 2.25. The van der Waals surface area contributed by atoms with E-state index < -0.39 is 5.91 Å². The molecule has 0 bridgehead atoms. The molecule has 2 aromatic carbocycles. The highest BCUT2D eigenvalue weighted by Crippen LogP contribution is 2.24. The van der Waals surface area contributed by atoms with Crippen LogP contribution in [0.4, 0.5) is 5.82 Å². The van der Waals surface area contributed by atoms with Gasteiger partial charge in [0.2, 0.25) is 0 Å². The van der Waals surface area contributed by atoms with Crippen LogP contribution >= 0.6 is 11.8 Å². The summed E-state index contributed by atoms with van der Waals surface area (Å²) in [6.07, 6.45) is 3.42. The first-order valence-electron chi connectivity index (χ1n) is 9.71. The first-order chi connectivity index (χ1) is 14.4. The molecule has 1 aliphatic rings. The van der Waals surface area contributed by atoms with Crippen LogP contribution in [0.2, 0.25) is 0 Å². The molecule has 3 aromatic rings. The Balaban J connectivity index is 1.58. The van der Waals surface area contributed by atoms with Gasteiger partial charge in [-0.1, -0.05) is 36.4 Å². The molecular weight excluding hydrogens is 402 g/mol. The molecule has 4 rings (SSSR count). The van der Waals surface area contributed by atoms with Crippen LogP contribution in [0, 0.1) is 6.92 Å². The number of rotatable bonds is 6. The van der Waals surface area contributed by atoms with Gasteiger partial charge in [-0.25, -0.2) is 9.10 Å². The third kappa shape index (κ3) is 4.16. The van der Waals surface area contributed by atoms with E-state index in [1.165, 1.54) is 10.9 Å². The Morgan fingerprint density at radius 3 is 2.67 bits per heavy atom. The van der Waals surface area contributed by atoms with E-state index in [2.05, 4.69) is 10.4 Å². The maximum atomic E-state index is 12.8. The van der Waals surface area contributed by atoms with Gasteiger partial charge in [0.25, 0.3) is 11.8 Å². The summed E-state index contributed by atoms with van der Waals surface area (Å²) in [6.45, 7) is 2.13. The van der Waals surface area contributed by atoms with Crippen molar-refractivity contribution in [3.05, 3.63) is 77.0 Å². The molecule has 0 spiro atoms. The summed E-state index contributed by atoms with van der Waals surface area (Å²) in [5, 5.41) is 7.25. The summed E-state index contributed by atoms with van der Waals surface area (Å²) in [7, 11) is 0. The average molecular weight is 424 g/mol. The Morgan fingerprint density at radius 2 is 1.97 bits per heavy atom. The van der Waals surface area contributed by atoms with E-state index in [9.17, 15) is 9.59 Å². The van der Waals surface area contributed by atoms with Crippen molar-refractivity contribution in [3.8, 4) is 5.69 Å². The maximum absolute atomic E-state index is 12.8. The summed E-state index contributed by atoms with van der Waals surface area (Å²) < 4.78 is 2.54. The molecule has 0 unspecified atom stereocenters. The number of nitrogens with zero attached hydrogens (tertiary/aromatic N) is 3. The van der Waals surface area contributed by atoms with Crippen molar-refractivity contribution < 1.29 is 9.59 Å². The molecule has 1 saturated carbocycles. The van der Waals surface area contributed by atoms with Crippen molar-refractivity contribution in [2.75, 3.05) is 5.73 Å². The summed E-state index contributed by atoms with van der Waals surface area (Å²) in [6, 6.07) is 15.0. The molecular formula is C22H22ClN5O2. The smallest absolute Gasteiger partial charge is 0.273 e. The van der Waals surface area contributed by atoms with Crippen LogP contribution in [-0.4, -0.2) is 32.1 Å². The summed E-state index contributed by atoms with van der Waals surface area (Å²) in [4.78, 5) is 25.2. The standard InChI is InChI=1S/C22H22ClN5O2/c1-14-7-8-16(21(29)26-17-9-10-17)11-19(14)28-20(24)18(12-25-28)22(30)27(23)13-15-5-3-2-4-6-15/h2-8,11-12,17H,9-10,13,24H2,1H3,(H,26,29). The number of hydrogen-bond donors (Lipinski definition) is 2. The molecule has 8 heteroatoms. The van der Waals surface area contributed by atoms with Crippen LogP contribution in [0.25, 0.3) is 5.69 Å². The predicted octanol–water partition coefficient (Wildman–Crippen LogP) is 3.45. The minimum absolute atomic E-state index is 0.129. The van der Waals surface area contributed by atoms with Gasteiger partial charge in [0.1, 0.15) is 11.4 Å². The number of carbonyl (C=O) groups excluding carboxylic acids is 2. The number of anilines is 1. The lowest BCUT2D eigenvalue weighted by Gasteiger charge is -2.14. The fourth-order valence-electron chi connectivity index (χ4n) is 3.14. The highest BCUT2D eigenvalue weighted by atomic mass is 35.5. The number of benzene rings is 2. The highest BCUT2D eigenvalue weighted by molar-refractivity contribution is 6.24. The van der Waals surface area contributed by atoms with Gasteiger partial charge in [0.15, 0.2) is 0 Å². The number of aromatic nitrogens is 2. The minimum Gasteiger partial charge on any atom is -0.383 e. The number of aryl methyl sites for hydroxylation is 1. The normalized spacial score (nSPS) is 13.1. The lowest BCUT2D eigenvalue weighted by molar-refractivity contribution is 0.0857. The molecule has 0 aliphatic heterocycles. The molecule has 2 amide bonds. The van der Waals surface area contributed by atoms with E-state index in [4.69, 9.17) is 17.5 Å². The number of hydrogen-bond acceptors (Lipinski definition) is 4. The van der Waals surface area contributed by atoms with E-state index in [-0.39, 0.29) is 29.9 Å². The summed E-state index contributed by atoms with van der Waals surface area (Å²) in [5.74, 6) is -0.401. The van der Waals surface area contributed by atoms with Gasteiger partial charge in [-0.15, -0.1) is 0 Å². The molecule has 1 heterocycles. The summed E-state index contributed by atoms with van der Waals surface area (Å²) in [5.41, 5.74) is 9.38. The van der Waals surface area contributed by atoms with Gasteiger partial charge in [-0.3, -0.25) is 9.59 Å².